The smallest absolute Gasteiger partial charge is 0.371 e. The fourth-order valence-electron chi connectivity index (χ4n) is 2.59. The lowest BCUT2D eigenvalue weighted by molar-refractivity contribution is -0.124. The van der Waals surface area contributed by atoms with Crippen molar-refractivity contribution >= 4 is 21.9 Å². The fourth-order valence-corrected chi connectivity index (χ4v) is 4.34. The first-order chi connectivity index (χ1) is 10.8. The number of carboxylic acids is 1. The highest BCUT2D eigenvalue weighted by Crippen LogP contribution is 2.22. The number of carbonyl (C=O) groups is 2. The summed E-state index contributed by atoms with van der Waals surface area (Å²) >= 11 is 0. The largest absolute Gasteiger partial charge is 0.475 e. The van der Waals surface area contributed by atoms with Crippen LogP contribution in [0.15, 0.2) is 16.5 Å². The van der Waals surface area contributed by atoms with E-state index in [0.717, 1.165) is 0 Å². The van der Waals surface area contributed by atoms with E-state index in [1.807, 2.05) is 0 Å². The van der Waals surface area contributed by atoms with Gasteiger partial charge in [-0.05, 0) is 31.4 Å². The molecule has 0 spiro atoms. The summed E-state index contributed by atoms with van der Waals surface area (Å²) < 4.78 is 30.6. The number of sulfonamides is 1. The van der Waals surface area contributed by atoms with Crippen molar-refractivity contribution in [2.45, 2.75) is 38.8 Å². The van der Waals surface area contributed by atoms with Gasteiger partial charge >= 0.3 is 5.97 Å². The van der Waals surface area contributed by atoms with E-state index in [4.69, 9.17) is 9.52 Å². The van der Waals surface area contributed by atoms with Gasteiger partial charge in [0, 0.05) is 6.54 Å². The van der Waals surface area contributed by atoms with E-state index in [1.54, 1.807) is 6.92 Å². The second-order valence-corrected chi connectivity index (χ2v) is 7.41. The summed E-state index contributed by atoms with van der Waals surface area (Å²) in [4.78, 5) is 23.0. The molecule has 1 aliphatic heterocycles. The lowest BCUT2D eigenvalue weighted by Crippen LogP contribution is -2.46. The van der Waals surface area contributed by atoms with Gasteiger partial charge in [-0.15, -0.1) is 0 Å². The molecule has 0 aromatic carbocycles. The van der Waals surface area contributed by atoms with Crippen LogP contribution >= 0.6 is 0 Å². The molecule has 8 nitrogen and oxygen atoms in total. The second-order valence-electron chi connectivity index (χ2n) is 5.37. The molecule has 0 aliphatic carbocycles. The van der Waals surface area contributed by atoms with Gasteiger partial charge in [0.2, 0.25) is 21.7 Å². The Morgan fingerprint density at radius 1 is 1.43 bits per heavy atom. The van der Waals surface area contributed by atoms with E-state index in [9.17, 15) is 18.0 Å². The molecule has 0 unspecified atom stereocenters. The Balaban J connectivity index is 1.97. The summed E-state index contributed by atoms with van der Waals surface area (Å²) in [5.41, 5.74) is 0. The molecule has 1 aliphatic rings. The van der Waals surface area contributed by atoms with Crippen molar-refractivity contribution in [1.82, 2.24) is 9.62 Å². The first-order valence-electron chi connectivity index (χ1n) is 7.44. The third-order valence-electron chi connectivity index (χ3n) is 3.64. The van der Waals surface area contributed by atoms with E-state index < -0.39 is 27.9 Å². The number of hydrogen-bond donors (Lipinski definition) is 2. The van der Waals surface area contributed by atoms with Gasteiger partial charge in [-0.2, -0.15) is 4.31 Å². The summed E-state index contributed by atoms with van der Waals surface area (Å²) in [6.45, 7) is 2.15. The lowest BCUT2D eigenvalue weighted by Gasteiger charge is -2.22. The minimum atomic E-state index is -3.42. The molecule has 1 amide bonds. The average Bonchev–Trinajstić information content (AvgIpc) is 3.14. The first-order valence-corrected chi connectivity index (χ1v) is 9.05. The van der Waals surface area contributed by atoms with E-state index in [-0.39, 0.29) is 18.1 Å². The fraction of sp³-hybridized carbons (Fsp3) is 0.571. The summed E-state index contributed by atoms with van der Waals surface area (Å²) in [5.74, 6) is -1.46. The van der Waals surface area contributed by atoms with Crippen molar-refractivity contribution in [1.29, 1.82) is 0 Å². The summed E-state index contributed by atoms with van der Waals surface area (Å²) in [5, 5.41) is 11.4. The van der Waals surface area contributed by atoms with E-state index in [1.165, 1.54) is 16.4 Å². The molecular weight excluding hydrogens is 324 g/mol. The maximum absolute atomic E-state index is 12.2. The maximum Gasteiger partial charge on any atom is 0.371 e. The van der Waals surface area contributed by atoms with Crippen molar-refractivity contribution in [2.24, 2.45) is 0 Å². The Kier molecular flexibility index (Phi) is 5.42. The van der Waals surface area contributed by atoms with Crippen LogP contribution < -0.4 is 5.32 Å². The molecule has 23 heavy (non-hydrogen) atoms. The van der Waals surface area contributed by atoms with Crippen LogP contribution in [0.5, 0.6) is 0 Å². The highest BCUT2D eigenvalue weighted by Gasteiger charge is 2.37. The number of hydrogen-bond acceptors (Lipinski definition) is 5. The number of nitrogens with zero attached hydrogens (tertiary/aromatic N) is 1. The van der Waals surface area contributed by atoms with Crippen molar-refractivity contribution in [3.05, 3.63) is 23.7 Å². The van der Waals surface area contributed by atoms with Crippen LogP contribution in [0, 0.1) is 0 Å². The number of carbonyl (C=O) groups excluding carboxylic acids is 1. The number of carboxylic acid groups (broad SMARTS) is 1. The van der Waals surface area contributed by atoms with Gasteiger partial charge in [0.25, 0.3) is 0 Å². The third-order valence-corrected chi connectivity index (χ3v) is 5.71. The highest BCUT2D eigenvalue weighted by molar-refractivity contribution is 7.89. The Morgan fingerprint density at radius 2 is 2.17 bits per heavy atom. The zero-order valence-electron chi connectivity index (χ0n) is 12.8. The van der Waals surface area contributed by atoms with Crippen molar-refractivity contribution in [3.63, 3.8) is 0 Å². The van der Waals surface area contributed by atoms with Crippen LogP contribution in [-0.2, 0) is 21.4 Å². The van der Waals surface area contributed by atoms with Crippen LogP contribution in [0.3, 0.4) is 0 Å². The zero-order valence-corrected chi connectivity index (χ0v) is 13.6. The van der Waals surface area contributed by atoms with Crippen molar-refractivity contribution in [2.75, 3.05) is 12.3 Å². The molecule has 1 atom stereocenters. The maximum atomic E-state index is 12.2. The van der Waals surface area contributed by atoms with E-state index in [2.05, 4.69) is 5.32 Å². The molecule has 128 valence electrons. The topological polar surface area (TPSA) is 117 Å². The molecule has 0 radical (unpaired) electrons. The van der Waals surface area contributed by atoms with Gasteiger partial charge in [-0.1, -0.05) is 6.92 Å². The molecule has 2 N–H and O–H groups in total. The van der Waals surface area contributed by atoms with Gasteiger partial charge in [-0.3, -0.25) is 4.79 Å². The number of furan rings is 1. The van der Waals surface area contributed by atoms with Gasteiger partial charge < -0.3 is 14.8 Å². The normalized spacial score (nSPS) is 18.9. The molecule has 1 saturated heterocycles. The second kappa shape index (κ2) is 7.14. The van der Waals surface area contributed by atoms with E-state index >= 15 is 0 Å². The zero-order chi connectivity index (χ0) is 17.0. The third kappa shape index (κ3) is 4.11. The molecule has 0 bridgehead atoms. The molecule has 9 heteroatoms. The molecular formula is C14H20N2O6S. The predicted molar refractivity (Wildman–Crippen MR) is 81.3 cm³/mol. The first kappa shape index (κ1) is 17.5. The quantitative estimate of drug-likeness (QED) is 0.755. The van der Waals surface area contributed by atoms with E-state index in [0.29, 0.717) is 31.6 Å². The SMILES string of the molecule is CCCS(=O)(=O)N1CCC[C@@H]1C(=O)NCc1ccc(C(=O)O)o1. The highest BCUT2D eigenvalue weighted by atomic mass is 32.2. The number of aromatic carboxylic acids is 1. The molecule has 1 fully saturated rings. The monoisotopic (exact) mass is 344 g/mol. The summed E-state index contributed by atoms with van der Waals surface area (Å²) in [6, 6.07) is 2.06. The molecule has 1 aromatic rings. The van der Waals surface area contributed by atoms with Crippen molar-refractivity contribution in [3.8, 4) is 0 Å². The Bertz CT molecular complexity index is 681. The Morgan fingerprint density at radius 3 is 2.78 bits per heavy atom. The van der Waals surface area contributed by atoms with Crippen LogP contribution in [0.4, 0.5) is 0 Å². The number of amides is 1. The van der Waals surface area contributed by atoms with Gasteiger partial charge in [0.15, 0.2) is 0 Å². The minimum Gasteiger partial charge on any atom is -0.475 e. The van der Waals surface area contributed by atoms with Crippen molar-refractivity contribution < 1.29 is 27.5 Å². The standard InChI is InChI=1S/C14H20N2O6S/c1-2-8-23(20,21)16-7-3-4-11(16)13(17)15-9-10-5-6-12(22-10)14(18)19/h5-6,11H,2-4,7-9H2,1H3,(H,15,17)(H,18,19)/t11-/m1/s1. The Hall–Kier alpha value is -1.87. The number of nitrogens with one attached hydrogen (secondary N) is 1. The van der Waals surface area contributed by atoms with Gasteiger partial charge in [0.1, 0.15) is 11.8 Å². The van der Waals surface area contributed by atoms with Crippen LogP contribution in [0.1, 0.15) is 42.5 Å². The van der Waals surface area contributed by atoms with Gasteiger partial charge in [-0.25, -0.2) is 13.2 Å². The van der Waals surface area contributed by atoms with Gasteiger partial charge in [0.05, 0.1) is 12.3 Å². The number of rotatable bonds is 7. The molecule has 1 aromatic heterocycles. The summed E-state index contributed by atoms with van der Waals surface area (Å²) in [7, 11) is -3.42. The minimum absolute atomic E-state index is 0.0181. The Labute approximate surface area is 134 Å². The predicted octanol–water partition coefficient (Wildman–Crippen LogP) is 0.798. The lowest BCUT2D eigenvalue weighted by atomic mass is 10.2. The van der Waals surface area contributed by atoms with Crippen LogP contribution in [0.2, 0.25) is 0 Å². The van der Waals surface area contributed by atoms with Crippen LogP contribution in [-0.4, -0.2) is 48.0 Å². The molecule has 2 rings (SSSR count). The summed E-state index contributed by atoms with van der Waals surface area (Å²) in [6.07, 6.45) is 1.62. The van der Waals surface area contributed by atoms with Crippen LogP contribution in [0.25, 0.3) is 0 Å². The molecule has 2 heterocycles. The average molecular weight is 344 g/mol. The molecule has 0 saturated carbocycles.